The van der Waals surface area contributed by atoms with Gasteiger partial charge >= 0.3 is 5.97 Å². The lowest BCUT2D eigenvalue weighted by molar-refractivity contribution is -0.138. The number of sulfonamides is 1. The van der Waals surface area contributed by atoms with Crippen LogP contribution in [0, 0.1) is 0 Å². The summed E-state index contributed by atoms with van der Waals surface area (Å²) in [5.74, 6) is -1.59. The Balaban J connectivity index is 2.26. The molecule has 0 aromatic heterocycles. The van der Waals surface area contributed by atoms with Crippen molar-refractivity contribution >= 4 is 21.9 Å². The molecule has 1 amide bonds. The molecule has 27 heavy (non-hydrogen) atoms. The van der Waals surface area contributed by atoms with E-state index in [-0.39, 0.29) is 22.8 Å². The molecular formula is C19H22N2O5S. The highest BCUT2D eigenvalue weighted by Crippen LogP contribution is 2.15. The van der Waals surface area contributed by atoms with E-state index in [1.807, 2.05) is 0 Å². The number of hydrogen-bond donors (Lipinski definition) is 2. The van der Waals surface area contributed by atoms with Gasteiger partial charge in [-0.2, -0.15) is 4.72 Å². The van der Waals surface area contributed by atoms with Crippen LogP contribution in [0.15, 0.2) is 59.5 Å². The molecule has 0 saturated heterocycles. The molecule has 0 unspecified atom stereocenters. The lowest BCUT2D eigenvalue weighted by Crippen LogP contribution is -2.42. The Morgan fingerprint density at radius 2 is 1.78 bits per heavy atom. The van der Waals surface area contributed by atoms with Crippen LogP contribution in [-0.2, 0) is 21.2 Å². The van der Waals surface area contributed by atoms with Crippen LogP contribution < -0.4 is 4.72 Å². The van der Waals surface area contributed by atoms with Crippen LogP contribution in [0.2, 0.25) is 0 Å². The maximum atomic E-state index is 12.7. The first kappa shape index (κ1) is 20.6. The summed E-state index contributed by atoms with van der Waals surface area (Å²) in [4.78, 5) is 25.1. The summed E-state index contributed by atoms with van der Waals surface area (Å²) in [6, 6.07) is 13.0. The van der Waals surface area contributed by atoms with Gasteiger partial charge in [-0.15, -0.1) is 0 Å². The maximum Gasteiger partial charge on any atom is 0.322 e. The molecule has 0 aliphatic carbocycles. The number of aliphatic carboxylic acids is 1. The molecule has 0 aliphatic rings. The van der Waals surface area contributed by atoms with E-state index in [0.717, 1.165) is 0 Å². The fraction of sp³-hybridized carbons (Fsp3) is 0.263. The van der Waals surface area contributed by atoms with E-state index >= 15 is 0 Å². The van der Waals surface area contributed by atoms with Gasteiger partial charge in [-0.05, 0) is 37.1 Å². The van der Waals surface area contributed by atoms with Crippen LogP contribution in [0.5, 0.6) is 0 Å². The number of amides is 1. The van der Waals surface area contributed by atoms with E-state index < -0.39 is 22.0 Å². The average Bonchev–Trinajstić information content (AvgIpc) is 2.67. The summed E-state index contributed by atoms with van der Waals surface area (Å²) in [5, 5.41) is 9.40. The van der Waals surface area contributed by atoms with Gasteiger partial charge in [-0.3, -0.25) is 9.59 Å². The smallest absolute Gasteiger partial charge is 0.322 e. The van der Waals surface area contributed by atoms with Crippen molar-refractivity contribution in [3.63, 3.8) is 0 Å². The quantitative estimate of drug-likeness (QED) is 0.715. The van der Waals surface area contributed by atoms with Crippen LogP contribution in [0.25, 0.3) is 0 Å². The molecule has 0 fully saturated rings. The average molecular weight is 390 g/mol. The van der Waals surface area contributed by atoms with Crippen molar-refractivity contribution in [2.45, 2.75) is 24.3 Å². The minimum Gasteiger partial charge on any atom is -0.480 e. The van der Waals surface area contributed by atoms with Gasteiger partial charge in [0.1, 0.15) is 6.04 Å². The normalized spacial score (nSPS) is 12.4. The standard InChI is InChI=1S/C19H22N2O5S/c1-3-21(2)18(22)15-10-7-11-16(13-15)27(25,26)20-17(19(23)24)12-14-8-5-4-6-9-14/h4-11,13,17,20H,3,12H2,1-2H3,(H,23,24)/t17-/m1/s1. The molecule has 0 saturated carbocycles. The highest BCUT2D eigenvalue weighted by molar-refractivity contribution is 7.89. The number of carbonyl (C=O) groups is 2. The lowest BCUT2D eigenvalue weighted by atomic mass is 10.1. The largest absolute Gasteiger partial charge is 0.480 e. The number of rotatable bonds is 8. The van der Waals surface area contributed by atoms with Gasteiger partial charge in [-0.25, -0.2) is 8.42 Å². The van der Waals surface area contributed by atoms with Crippen molar-refractivity contribution in [1.82, 2.24) is 9.62 Å². The number of carboxylic acid groups (broad SMARTS) is 1. The van der Waals surface area contributed by atoms with E-state index in [1.165, 1.54) is 29.2 Å². The summed E-state index contributed by atoms with van der Waals surface area (Å²) in [6.07, 6.45) is 0.00654. The fourth-order valence-corrected chi connectivity index (χ4v) is 3.68. The van der Waals surface area contributed by atoms with Crippen LogP contribution in [0.4, 0.5) is 0 Å². The first-order valence-corrected chi connectivity index (χ1v) is 9.87. The second-order valence-corrected chi connectivity index (χ2v) is 7.76. The molecule has 2 aromatic carbocycles. The molecule has 1 atom stereocenters. The van der Waals surface area contributed by atoms with E-state index in [2.05, 4.69) is 4.72 Å². The SMILES string of the molecule is CCN(C)C(=O)c1cccc(S(=O)(=O)N[C@H](Cc2ccccc2)C(=O)O)c1. The van der Waals surface area contributed by atoms with Crippen LogP contribution in [0.3, 0.4) is 0 Å². The molecule has 0 radical (unpaired) electrons. The van der Waals surface area contributed by atoms with Gasteiger partial charge in [0.15, 0.2) is 0 Å². The molecule has 2 aromatic rings. The summed E-state index contributed by atoms with van der Waals surface area (Å²) in [6.45, 7) is 2.29. The zero-order valence-electron chi connectivity index (χ0n) is 15.1. The number of carboxylic acids is 1. The zero-order chi connectivity index (χ0) is 20.0. The third-order valence-electron chi connectivity index (χ3n) is 4.09. The number of hydrogen-bond acceptors (Lipinski definition) is 4. The molecule has 2 rings (SSSR count). The molecule has 8 heteroatoms. The van der Waals surface area contributed by atoms with Crippen molar-refractivity contribution in [3.05, 3.63) is 65.7 Å². The molecule has 0 aliphatic heterocycles. The maximum absolute atomic E-state index is 12.7. The Bertz CT molecular complexity index is 913. The molecule has 144 valence electrons. The Morgan fingerprint density at radius 1 is 1.11 bits per heavy atom. The predicted molar refractivity (Wildman–Crippen MR) is 101 cm³/mol. The highest BCUT2D eigenvalue weighted by Gasteiger charge is 2.26. The van der Waals surface area contributed by atoms with Crippen molar-refractivity contribution in [2.75, 3.05) is 13.6 Å². The first-order chi connectivity index (χ1) is 12.7. The van der Waals surface area contributed by atoms with Crippen molar-refractivity contribution in [3.8, 4) is 0 Å². The second kappa shape index (κ2) is 8.79. The number of nitrogens with one attached hydrogen (secondary N) is 1. The number of carbonyl (C=O) groups excluding carboxylic acids is 1. The summed E-state index contributed by atoms with van der Waals surface area (Å²) in [7, 11) is -2.50. The first-order valence-electron chi connectivity index (χ1n) is 8.39. The molecule has 0 spiro atoms. The number of nitrogens with zero attached hydrogens (tertiary/aromatic N) is 1. The molecule has 0 heterocycles. The van der Waals surface area contributed by atoms with Gasteiger partial charge < -0.3 is 10.0 Å². The monoisotopic (exact) mass is 390 g/mol. The minimum atomic E-state index is -4.11. The molecular weight excluding hydrogens is 368 g/mol. The van der Waals surface area contributed by atoms with Crippen molar-refractivity contribution in [2.24, 2.45) is 0 Å². The summed E-state index contributed by atoms with van der Waals surface area (Å²) >= 11 is 0. The van der Waals surface area contributed by atoms with Crippen molar-refractivity contribution < 1.29 is 23.1 Å². The van der Waals surface area contributed by atoms with E-state index in [9.17, 15) is 23.1 Å². The van der Waals surface area contributed by atoms with Gasteiger partial charge in [0.05, 0.1) is 4.90 Å². The van der Waals surface area contributed by atoms with Gasteiger partial charge in [-0.1, -0.05) is 36.4 Å². The Kier molecular flexibility index (Phi) is 6.70. The van der Waals surface area contributed by atoms with Gasteiger partial charge in [0, 0.05) is 19.2 Å². The second-order valence-electron chi connectivity index (χ2n) is 6.05. The minimum absolute atomic E-state index is 0.00654. The van der Waals surface area contributed by atoms with E-state index in [0.29, 0.717) is 12.1 Å². The predicted octanol–water partition coefficient (Wildman–Crippen LogP) is 1.75. The van der Waals surface area contributed by atoms with E-state index in [1.54, 1.807) is 44.3 Å². The third kappa shape index (κ3) is 5.38. The molecule has 7 nitrogen and oxygen atoms in total. The fourth-order valence-electron chi connectivity index (χ4n) is 2.44. The van der Waals surface area contributed by atoms with Gasteiger partial charge in [0.25, 0.3) is 5.91 Å². The lowest BCUT2D eigenvalue weighted by Gasteiger charge is -2.17. The van der Waals surface area contributed by atoms with Gasteiger partial charge in [0.2, 0.25) is 10.0 Å². The third-order valence-corrected chi connectivity index (χ3v) is 5.56. The zero-order valence-corrected chi connectivity index (χ0v) is 15.9. The Hall–Kier alpha value is -2.71. The van der Waals surface area contributed by atoms with Crippen molar-refractivity contribution in [1.29, 1.82) is 0 Å². The van der Waals surface area contributed by atoms with Crippen LogP contribution >= 0.6 is 0 Å². The summed E-state index contributed by atoms with van der Waals surface area (Å²) in [5.41, 5.74) is 0.915. The highest BCUT2D eigenvalue weighted by atomic mass is 32.2. The Labute approximate surface area is 158 Å². The van der Waals surface area contributed by atoms with Crippen LogP contribution in [-0.4, -0.2) is 49.9 Å². The topological polar surface area (TPSA) is 104 Å². The molecule has 2 N–H and O–H groups in total. The summed E-state index contributed by atoms with van der Waals surface area (Å²) < 4.78 is 27.5. The Morgan fingerprint density at radius 3 is 2.37 bits per heavy atom. The number of benzene rings is 2. The van der Waals surface area contributed by atoms with Crippen LogP contribution in [0.1, 0.15) is 22.8 Å². The molecule has 0 bridgehead atoms. The van der Waals surface area contributed by atoms with E-state index in [4.69, 9.17) is 0 Å².